The third-order valence-corrected chi connectivity index (χ3v) is 4.10. The second-order valence-corrected chi connectivity index (χ2v) is 6.65. The number of hydrogen-bond acceptors (Lipinski definition) is 7. The number of nitrogens with zero attached hydrogens (tertiary/aromatic N) is 4. The fourth-order valence-electron chi connectivity index (χ4n) is 2.68. The van der Waals surface area contributed by atoms with Crippen molar-refractivity contribution in [2.45, 2.75) is 6.92 Å². The molecule has 2 heterocycles. The molecule has 1 amide bonds. The molecule has 0 unspecified atom stereocenters. The molecule has 0 aliphatic heterocycles. The van der Waals surface area contributed by atoms with Crippen molar-refractivity contribution < 1.29 is 4.79 Å². The van der Waals surface area contributed by atoms with Gasteiger partial charge in [-0.25, -0.2) is 15.0 Å². The standard InChI is InChI=1S/C21H25N7O/c1-15-25-19(14-20(26-15)27-18-9-4-5-10-22-18)23-11-12-24-21(29)16-7-6-8-17(13-16)28(2)3/h4-10,13-14H,11-12H2,1-3H3,(H,24,29)(H2,22,23,25,26,27). The molecule has 0 spiro atoms. The first kappa shape index (κ1) is 20.1. The van der Waals surface area contributed by atoms with Gasteiger partial charge in [-0.1, -0.05) is 12.1 Å². The number of carbonyl (C=O) groups excluding carboxylic acids is 1. The summed E-state index contributed by atoms with van der Waals surface area (Å²) < 4.78 is 0. The molecular formula is C21H25N7O. The van der Waals surface area contributed by atoms with Crippen molar-refractivity contribution in [1.29, 1.82) is 0 Å². The molecule has 0 fully saturated rings. The molecule has 8 heteroatoms. The molecule has 3 aromatic rings. The highest BCUT2D eigenvalue weighted by Crippen LogP contribution is 2.15. The largest absolute Gasteiger partial charge is 0.378 e. The Balaban J connectivity index is 1.52. The van der Waals surface area contributed by atoms with E-state index in [0.29, 0.717) is 41.9 Å². The number of nitrogens with one attached hydrogen (secondary N) is 3. The van der Waals surface area contributed by atoms with E-state index >= 15 is 0 Å². The molecule has 0 bridgehead atoms. The predicted molar refractivity (Wildman–Crippen MR) is 116 cm³/mol. The van der Waals surface area contributed by atoms with Crippen LogP contribution in [0.15, 0.2) is 54.7 Å². The number of aromatic nitrogens is 3. The molecule has 2 aromatic heterocycles. The highest BCUT2D eigenvalue weighted by molar-refractivity contribution is 5.95. The first-order chi connectivity index (χ1) is 14.0. The highest BCUT2D eigenvalue weighted by Gasteiger charge is 2.07. The third kappa shape index (κ3) is 5.90. The summed E-state index contributed by atoms with van der Waals surface area (Å²) in [7, 11) is 3.89. The first-order valence-electron chi connectivity index (χ1n) is 9.34. The van der Waals surface area contributed by atoms with Crippen LogP contribution in [0.2, 0.25) is 0 Å². The summed E-state index contributed by atoms with van der Waals surface area (Å²) in [6.45, 7) is 2.84. The maximum Gasteiger partial charge on any atom is 0.251 e. The van der Waals surface area contributed by atoms with Crippen LogP contribution in [0.1, 0.15) is 16.2 Å². The van der Waals surface area contributed by atoms with Crippen LogP contribution >= 0.6 is 0 Å². The van der Waals surface area contributed by atoms with Gasteiger partial charge in [-0.2, -0.15) is 0 Å². The van der Waals surface area contributed by atoms with E-state index < -0.39 is 0 Å². The summed E-state index contributed by atoms with van der Waals surface area (Å²) in [5.41, 5.74) is 1.62. The summed E-state index contributed by atoms with van der Waals surface area (Å²) in [4.78, 5) is 27.3. The molecule has 1 aromatic carbocycles. The van der Waals surface area contributed by atoms with Crippen LogP contribution in [0.3, 0.4) is 0 Å². The van der Waals surface area contributed by atoms with Crippen molar-refractivity contribution >= 4 is 29.0 Å². The van der Waals surface area contributed by atoms with Crippen molar-refractivity contribution in [1.82, 2.24) is 20.3 Å². The van der Waals surface area contributed by atoms with Crippen LogP contribution in [-0.4, -0.2) is 48.0 Å². The SMILES string of the molecule is Cc1nc(NCCNC(=O)c2cccc(N(C)C)c2)cc(Nc2ccccn2)n1. The lowest BCUT2D eigenvalue weighted by Gasteiger charge is -2.14. The average Bonchev–Trinajstić information content (AvgIpc) is 2.71. The Morgan fingerprint density at radius 2 is 1.79 bits per heavy atom. The van der Waals surface area contributed by atoms with Gasteiger partial charge in [0.05, 0.1) is 0 Å². The number of rotatable bonds is 8. The van der Waals surface area contributed by atoms with Gasteiger partial charge in [0.25, 0.3) is 5.91 Å². The lowest BCUT2D eigenvalue weighted by atomic mass is 10.2. The van der Waals surface area contributed by atoms with Gasteiger partial charge in [-0.3, -0.25) is 4.79 Å². The molecule has 0 radical (unpaired) electrons. The van der Waals surface area contributed by atoms with Gasteiger partial charge in [0.1, 0.15) is 23.3 Å². The van der Waals surface area contributed by atoms with E-state index in [2.05, 4.69) is 30.9 Å². The average molecular weight is 391 g/mol. The normalized spacial score (nSPS) is 10.3. The van der Waals surface area contributed by atoms with E-state index in [-0.39, 0.29) is 5.91 Å². The van der Waals surface area contributed by atoms with Gasteiger partial charge in [0, 0.05) is 50.7 Å². The molecule has 0 atom stereocenters. The van der Waals surface area contributed by atoms with Gasteiger partial charge in [0.15, 0.2) is 0 Å². The second kappa shape index (κ2) is 9.50. The van der Waals surface area contributed by atoms with Gasteiger partial charge in [0.2, 0.25) is 0 Å². The second-order valence-electron chi connectivity index (χ2n) is 6.65. The molecule has 8 nitrogen and oxygen atoms in total. The molecule has 0 aliphatic carbocycles. The molecule has 3 N–H and O–H groups in total. The van der Waals surface area contributed by atoms with Gasteiger partial charge < -0.3 is 20.9 Å². The Kier molecular flexibility index (Phi) is 6.57. The summed E-state index contributed by atoms with van der Waals surface area (Å²) in [6.07, 6.45) is 1.71. The van der Waals surface area contributed by atoms with Crippen molar-refractivity contribution in [2.24, 2.45) is 0 Å². The number of anilines is 4. The summed E-state index contributed by atoms with van der Waals surface area (Å²) in [5, 5.41) is 9.28. The van der Waals surface area contributed by atoms with E-state index in [1.807, 2.05) is 68.4 Å². The van der Waals surface area contributed by atoms with E-state index in [9.17, 15) is 4.79 Å². The number of aryl methyl sites for hydroxylation is 1. The number of benzene rings is 1. The van der Waals surface area contributed by atoms with E-state index in [4.69, 9.17) is 0 Å². The quantitative estimate of drug-likeness (QED) is 0.508. The summed E-state index contributed by atoms with van der Waals surface area (Å²) in [6, 6.07) is 14.9. The lowest BCUT2D eigenvalue weighted by Crippen LogP contribution is -2.29. The highest BCUT2D eigenvalue weighted by atomic mass is 16.1. The summed E-state index contributed by atoms with van der Waals surface area (Å²) in [5.74, 6) is 2.58. The molecule has 0 saturated carbocycles. The van der Waals surface area contributed by atoms with Crippen molar-refractivity contribution in [3.8, 4) is 0 Å². The zero-order valence-electron chi connectivity index (χ0n) is 16.8. The molecule has 150 valence electrons. The van der Waals surface area contributed by atoms with E-state index in [1.54, 1.807) is 12.3 Å². The van der Waals surface area contributed by atoms with Crippen molar-refractivity contribution in [3.05, 3.63) is 66.1 Å². The van der Waals surface area contributed by atoms with Gasteiger partial charge in [-0.05, 0) is 37.3 Å². The minimum absolute atomic E-state index is 0.105. The van der Waals surface area contributed by atoms with Crippen LogP contribution in [0.5, 0.6) is 0 Å². The Morgan fingerprint density at radius 3 is 2.55 bits per heavy atom. The topological polar surface area (TPSA) is 95.1 Å². The Morgan fingerprint density at radius 1 is 0.966 bits per heavy atom. The van der Waals surface area contributed by atoms with Gasteiger partial charge >= 0.3 is 0 Å². The summed E-state index contributed by atoms with van der Waals surface area (Å²) >= 11 is 0. The van der Waals surface area contributed by atoms with E-state index in [0.717, 1.165) is 5.69 Å². The predicted octanol–water partition coefficient (Wildman–Crippen LogP) is 2.83. The van der Waals surface area contributed by atoms with Crippen molar-refractivity contribution in [3.63, 3.8) is 0 Å². The van der Waals surface area contributed by atoms with Crippen LogP contribution in [0.25, 0.3) is 0 Å². The maximum absolute atomic E-state index is 12.3. The minimum Gasteiger partial charge on any atom is -0.378 e. The minimum atomic E-state index is -0.105. The van der Waals surface area contributed by atoms with Crippen LogP contribution in [-0.2, 0) is 0 Å². The zero-order chi connectivity index (χ0) is 20.6. The maximum atomic E-state index is 12.3. The molecule has 29 heavy (non-hydrogen) atoms. The number of carbonyl (C=O) groups is 1. The number of amides is 1. The molecule has 0 saturated heterocycles. The molecule has 0 aliphatic rings. The first-order valence-corrected chi connectivity index (χ1v) is 9.34. The fourth-order valence-corrected chi connectivity index (χ4v) is 2.68. The molecular weight excluding hydrogens is 366 g/mol. The van der Waals surface area contributed by atoms with E-state index in [1.165, 1.54) is 0 Å². The lowest BCUT2D eigenvalue weighted by molar-refractivity contribution is 0.0955. The number of pyridine rings is 1. The van der Waals surface area contributed by atoms with Crippen LogP contribution in [0, 0.1) is 6.92 Å². The Bertz CT molecular complexity index is 960. The fraction of sp³-hybridized carbons (Fsp3) is 0.238. The number of hydrogen-bond donors (Lipinski definition) is 3. The van der Waals surface area contributed by atoms with Crippen LogP contribution in [0.4, 0.5) is 23.1 Å². The Labute approximate surface area is 170 Å². The monoisotopic (exact) mass is 391 g/mol. The third-order valence-electron chi connectivity index (χ3n) is 4.10. The molecule has 3 rings (SSSR count). The van der Waals surface area contributed by atoms with Gasteiger partial charge in [-0.15, -0.1) is 0 Å². The Hall–Kier alpha value is -3.68. The van der Waals surface area contributed by atoms with Crippen LogP contribution < -0.4 is 20.9 Å². The zero-order valence-corrected chi connectivity index (χ0v) is 16.8. The van der Waals surface area contributed by atoms with Crippen molar-refractivity contribution in [2.75, 3.05) is 42.7 Å². The smallest absolute Gasteiger partial charge is 0.251 e.